The third kappa shape index (κ3) is 14.6. The molecule has 0 aliphatic heterocycles. The van der Waals surface area contributed by atoms with Crippen molar-refractivity contribution >= 4 is 38.7 Å². The number of carbonyl (C=O) groups is 2. The van der Waals surface area contributed by atoms with Crippen molar-refractivity contribution in [3.8, 4) is 0 Å². The summed E-state index contributed by atoms with van der Waals surface area (Å²) in [5.41, 5.74) is 4.72. The van der Waals surface area contributed by atoms with Crippen molar-refractivity contribution in [2.24, 2.45) is 5.10 Å². The van der Waals surface area contributed by atoms with Gasteiger partial charge in [0.15, 0.2) is 0 Å². The molecule has 0 spiro atoms. The van der Waals surface area contributed by atoms with E-state index < -0.39 is 10.1 Å². The first-order valence-electron chi connectivity index (χ1n) is 11.4. The maximum Gasteiger partial charge on any atom is 0.335 e. The van der Waals surface area contributed by atoms with E-state index in [4.69, 9.17) is 4.55 Å². The predicted molar refractivity (Wildman–Crippen MR) is 146 cm³/mol. The monoisotopic (exact) mass is 536 g/mol. The number of amides is 2. The second-order valence-electron chi connectivity index (χ2n) is 8.95. The minimum Gasteiger partial charge on any atom is -0.332 e. The molecule has 0 aliphatic rings. The van der Waals surface area contributed by atoms with E-state index in [0.29, 0.717) is 0 Å². The average Bonchev–Trinajstić information content (AvgIpc) is 2.79. The van der Waals surface area contributed by atoms with Gasteiger partial charge in [0.25, 0.3) is 10.1 Å². The molecule has 0 fully saturated rings. The highest BCUT2D eigenvalue weighted by Gasteiger charge is 2.12. The number of hydrogen-bond acceptors (Lipinski definition) is 7. The smallest absolute Gasteiger partial charge is 0.332 e. The Bertz CT molecular complexity index is 1100. The minimum absolute atomic E-state index is 0.0666. The summed E-state index contributed by atoms with van der Waals surface area (Å²) >= 11 is 1.31. The first kappa shape index (κ1) is 31.3. The van der Waals surface area contributed by atoms with Crippen LogP contribution in [0.15, 0.2) is 64.6 Å². The molecule has 0 radical (unpaired) electrons. The standard InChI is InChI=1S/C18H28N4O2S.C7H8O3S/c1-14(21-22-17(24)20-18(2,3)4)10-11-19-12-13-25-16(23)15-8-6-5-7-9-15;1-6-2-4-7(5-3-6)11(8,9)10/h5-9,19H,10-13H2,1-4H3,(H2,20,22,24);2-5H,1H3,(H,8,9,10)/b21-14+;. The first-order valence-corrected chi connectivity index (χ1v) is 13.8. The van der Waals surface area contributed by atoms with Crippen LogP contribution in [0, 0.1) is 6.92 Å². The van der Waals surface area contributed by atoms with Crippen LogP contribution in [0.2, 0.25) is 0 Å². The van der Waals surface area contributed by atoms with Gasteiger partial charge in [-0.15, -0.1) is 0 Å². The quantitative estimate of drug-likeness (QED) is 0.163. The summed E-state index contributed by atoms with van der Waals surface area (Å²) in [4.78, 5) is 23.4. The van der Waals surface area contributed by atoms with Gasteiger partial charge < -0.3 is 10.6 Å². The van der Waals surface area contributed by atoms with Crippen LogP contribution in [0.5, 0.6) is 0 Å². The summed E-state index contributed by atoms with van der Waals surface area (Å²) in [6.07, 6.45) is 0.729. The van der Waals surface area contributed by atoms with Crippen LogP contribution in [0.25, 0.3) is 0 Å². The third-order valence-corrected chi connectivity index (χ3v) is 6.11. The molecular weight excluding hydrogens is 500 g/mol. The number of thioether (sulfide) groups is 1. The van der Waals surface area contributed by atoms with Gasteiger partial charge in [0.2, 0.25) is 5.12 Å². The lowest BCUT2D eigenvalue weighted by Gasteiger charge is -2.19. The van der Waals surface area contributed by atoms with Crippen LogP contribution in [-0.4, -0.2) is 54.2 Å². The van der Waals surface area contributed by atoms with Gasteiger partial charge >= 0.3 is 6.03 Å². The zero-order valence-corrected chi connectivity index (χ0v) is 23.0. The molecule has 0 heterocycles. The van der Waals surface area contributed by atoms with E-state index in [1.165, 1.54) is 23.9 Å². The Labute approximate surface area is 218 Å². The number of benzene rings is 2. The highest BCUT2D eigenvalue weighted by atomic mass is 32.2. The molecule has 0 saturated heterocycles. The Morgan fingerprint density at radius 3 is 2.17 bits per heavy atom. The molecule has 2 amide bonds. The van der Waals surface area contributed by atoms with Crippen LogP contribution in [0.1, 0.15) is 50.0 Å². The zero-order valence-electron chi connectivity index (χ0n) is 21.4. The number of nitrogens with zero attached hydrogens (tertiary/aromatic N) is 1. The first-order chi connectivity index (χ1) is 16.8. The van der Waals surface area contributed by atoms with E-state index in [2.05, 4.69) is 21.2 Å². The number of nitrogens with one attached hydrogen (secondary N) is 3. The molecule has 0 saturated carbocycles. The van der Waals surface area contributed by atoms with Crippen LogP contribution in [0.4, 0.5) is 4.79 Å². The van der Waals surface area contributed by atoms with Crippen LogP contribution >= 0.6 is 11.8 Å². The Kier molecular flexibility index (Phi) is 13.4. The molecule has 0 aliphatic carbocycles. The predicted octanol–water partition coefficient (Wildman–Crippen LogP) is 4.26. The molecule has 0 aromatic heterocycles. The molecular formula is C25H36N4O5S2. The fourth-order valence-corrected chi connectivity index (χ4v) is 3.76. The van der Waals surface area contributed by atoms with Crippen LogP contribution in [0.3, 0.4) is 0 Å². The molecule has 198 valence electrons. The lowest BCUT2D eigenvalue weighted by Crippen LogP contribution is -2.45. The highest BCUT2D eigenvalue weighted by Crippen LogP contribution is 2.11. The topological polar surface area (TPSA) is 137 Å². The van der Waals surface area contributed by atoms with Gasteiger partial charge in [-0.2, -0.15) is 13.5 Å². The summed E-state index contributed by atoms with van der Waals surface area (Å²) in [6.45, 7) is 10.9. The van der Waals surface area contributed by atoms with Gasteiger partial charge in [-0.25, -0.2) is 10.2 Å². The van der Waals surface area contributed by atoms with Crippen molar-refractivity contribution in [3.63, 3.8) is 0 Å². The van der Waals surface area contributed by atoms with Crippen molar-refractivity contribution < 1.29 is 22.6 Å². The fraction of sp³-hybridized carbons (Fsp3) is 0.400. The van der Waals surface area contributed by atoms with Crippen molar-refractivity contribution in [1.29, 1.82) is 0 Å². The summed E-state index contributed by atoms with van der Waals surface area (Å²) in [5.74, 6) is 0.718. The van der Waals surface area contributed by atoms with Crippen molar-refractivity contribution in [3.05, 3.63) is 65.7 Å². The minimum atomic E-state index is -4.02. The molecule has 0 bridgehead atoms. The molecule has 0 unspecified atom stereocenters. The van der Waals surface area contributed by atoms with Gasteiger partial charge in [0, 0.05) is 35.7 Å². The molecule has 2 aromatic rings. The molecule has 2 aromatic carbocycles. The van der Waals surface area contributed by atoms with Gasteiger partial charge in [-0.1, -0.05) is 59.8 Å². The number of carbonyl (C=O) groups excluding carboxylic acids is 2. The normalized spacial score (nSPS) is 11.8. The number of aryl methyl sites for hydroxylation is 1. The molecule has 0 atom stereocenters. The number of urea groups is 1. The lowest BCUT2D eigenvalue weighted by molar-refractivity contribution is 0.108. The number of rotatable bonds is 9. The van der Waals surface area contributed by atoms with Crippen molar-refractivity contribution in [1.82, 2.24) is 16.1 Å². The van der Waals surface area contributed by atoms with E-state index in [9.17, 15) is 18.0 Å². The molecule has 4 N–H and O–H groups in total. The second-order valence-corrected chi connectivity index (χ2v) is 11.4. The van der Waals surface area contributed by atoms with Gasteiger partial charge in [-0.3, -0.25) is 9.35 Å². The summed E-state index contributed by atoms with van der Waals surface area (Å²) in [7, 11) is -4.02. The average molecular weight is 537 g/mol. The molecule has 36 heavy (non-hydrogen) atoms. The number of hydrogen-bond donors (Lipinski definition) is 4. The van der Waals surface area contributed by atoms with Gasteiger partial charge in [0.1, 0.15) is 0 Å². The Morgan fingerprint density at radius 1 is 1.00 bits per heavy atom. The Hall–Kier alpha value is -2.73. The Balaban J connectivity index is 0.000000488. The maximum atomic E-state index is 11.9. The highest BCUT2D eigenvalue weighted by molar-refractivity contribution is 8.14. The molecule has 11 heteroatoms. The second kappa shape index (κ2) is 15.4. The maximum absolute atomic E-state index is 11.9. The fourth-order valence-electron chi connectivity index (χ4n) is 2.55. The zero-order chi connectivity index (χ0) is 27.2. The van der Waals surface area contributed by atoms with E-state index in [0.717, 1.165) is 42.1 Å². The van der Waals surface area contributed by atoms with E-state index >= 15 is 0 Å². The van der Waals surface area contributed by atoms with Gasteiger partial charge in [-0.05, 0) is 53.2 Å². The van der Waals surface area contributed by atoms with Crippen molar-refractivity contribution in [2.45, 2.75) is 51.5 Å². The molecule has 2 rings (SSSR count). The van der Waals surface area contributed by atoms with E-state index in [1.807, 2.05) is 65.0 Å². The SMILES string of the molecule is C/C(CCNCCSC(=O)c1ccccc1)=N\NC(=O)NC(C)(C)C.Cc1ccc(S(=O)(=O)O)cc1. The van der Waals surface area contributed by atoms with Crippen molar-refractivity contribution in [2.75, 3.05) is 18.8 Å². The van der Waals surface area contributed by atoms with Crippen LogP contribution < -0.4 is 16.1 Å². The van der Waals surface area contributed by atoms with E-state index in [1.54, 1.807) is 12.1 Å². The lowest BCUT2D eigenvalue weighted by atomic mass is 10.1. The van der Waals surface area contributed by atoms with Gasteiger partial charge in [0.05, 0.1) is 4.90 Å². The summed E-state index contributed by atoms with van der Waals surface area (Å²) in [6, 6.07) is 15.0. The summed E-state index contributed by atoms with van der Waals surface area (Å²) in [5, 5.41) is 10.2. The van der Waals surface area contributed by atoms with Crippen LogP contribution in [-0.2, 0) is 10.1 Å². The number of hydrazone groups is 1. The Morgan fingerprint density at radius 2 is 1.61 bits per heavy atom. The summed E-state index contributed by atoms with van der Waals surface area (Å²) < 4.78 is 29.6. The largest absolute Gasteiger partial charge is 0.335 e. The third-order valence-electron chi connectivity index (χ3n) is 4.34. The van der Waals surface area contributed by atoms with E-state index in [-0.39, 0.29) is 21.6 Å². The molecule has 9 nitrogen and oxygen atoms in total.